The van der Waals surface area contributed by atoms with Gasteiger partial charge in [-0.15, -0.1) is 0 Å². The van der Waals surface area contributed by atoms with Gasteiger partial charge in [-0.05, 0) is 25.2 Å². The lowest BCUT2D eigenvalue weighted by Gasteiger charge is -2.30. The van der Waals surface area contributed by atoms with Crippen molar-refractivity contribution >= 4 is 12.0 Å². The largest absolute Gasteiger partial charge is 0.481 e. The second-order valence-electron chi connectivity index (χ2n) is 5.97. The van der Waals surface area contributed by atoms with Gasteiger partial charge in [0.1, 0.15) is 0 Å². The van der Waals surface area contributed by atoms with Crippen LogP contribution in [0.1, 0.15) is 46.0 Å². The van der Waals surface area contributed by atoms with E-state index in [1.807, 2.05) is 0 Å². The zero-order valence-corrected chi connectivity index (χ0v) is 14.0. The molecule has 1 fully saturated rings. The number of aliphatic carboxylic acids is 1. The van der Waals surface area contributed by atoms with E-state index in [-0.39, 0.29) is 18.1 Å². The van der Waals surface area contributed by atoms with Crippen LogP contribution < -0.4 is 5.32 Å². The minimum Gasteiger partial charge on any atom is -0.481 e. The molecule has 22 heavy (non-hydrogen) atoms. The number of likely N-dealkylation sites (tertiary alicyclic amines) is 1. The van der Waals surface area contributed by atoms with Gasteiger partial charge < -0.3 is 20.1 Å². The van der Waals surface area contributed by atoms with Crippen molar-refractivity contribution in [3.63, 3.8) is 0 Å². The molecule has 1 aliphatic rings. The summed E-state index contributed by atoms with van der Waals surface area (Å²) in [5, 5.41) is 11.9. The number of carbonyl (C=O) groups excluding carboxylic acids is 1. The Morgan fingerprint density at radius 2 is 1.86 bits per heavy atom. The average Bonchev–Trinajstić information content (AvgIpc) is 2.54. The standard InChI is InChI=1S/C16H30N2O4/c1-4-12(5-2)14(22-3)6-9-17-16(21)18-10-7-13(8-11-18)15(19)20/h12-14H,4-11H2,1-3H3,(H,17,21)(H,19,20). The van der Waals surface area contributed by atoms with E-state index in [9.17, 15) is 9.59 Å². The van der Waals surface area contributed by atoms with Crippen molar-refractivity contribution in [3.05, 3.63) is 0 Å². The van der Waals surface area contributed by atoms with Crippen LogP contribution in [0.2, 0.25) is 0 Å². The van der Waals surface area contributed by atoms with Crippen molar-refractivity contribution in [2.75, 3.05) is 26.7 Å². The lowest BCUT2D eigenvalue weighted by Crippen LogP contribution is -2.46. The van der Waals surface area contributed by atoms with E-state index in [0.29, 0.717) is 38.4 Å². The molecular formula is C16H30N2O4. The van der Waals surface area contributed by atoms with Gasteiger partial charge in [-0.2, -0.15) is 0 Å². The Kier molecular flexibility index (Phi) is 8.24. The molecule has 0 radical (unpaired) electrons. The number of nitrogens with zero attached hydrogens (tertiary/aromatic N) is 1. The van der Waals surface area contributed by atoms with E-state index in [1.54, 1.807) is 12.0 Å². The Bertz CT molecular complexity index is 350. The van der Waals surface area contributed by atoms with Crippen LogP contribution >= 0.6 is 0 Å². The van der Waals surface area contributed by atoms with E-state index in [4.69, 9.17) is 9.84 Å². The van der Waals surface area contributed by atoms with Gasteiger partial charge in [0.25, 0.3) is 0 Å². The minimum absolute atomic E-state index is 0.0942. The molecule has 0 aliphatic carbocycles. The maximum absolute atomic E-state index is 12.1. The van der Waals surface area contributed by atoms with E-state index >= 15 is 0 Å². The summed E-state index contributed by atoms with van der Waals surface area (Å²) in [4.78, 5) is 24.7. The van der Waals surface area contributed by atoms with Crippen LogP contribution in [0.4, 0.5) is 4.79 Å². The number of carboxylic acid groups (broad SMARTS) is 1. The van der Waals surface area contributed by atoms with Gasteiger partial charge in [0.05, 0.1) is 12.0 Å². The molecule has 6 heteroatoms. The SMILES string of the molecule is CCC(CC)C(CCNC(=O)N1CCC(C(=O)O)CC1)OC. The highest BCUT2D eigenvalue weighted by Gasteiger charge is 2.27. The first-order valence-corrected chi connectivity index (χ1v) is 8.31. The van der Waals surface area contributed by atoms with Gasteiger partial charge in [-0.3, -0.25) is 4.79 Å². The molecule has 0 bridgehead atoms. The average molecular weight is 314 g/mol. The number of carbonyl (C=O) groups is 2. The van der Waals surface area contributed by atoms with Gasteiger partial charge >= 0.3 is 12.0 Å². The number of hydrogen-bond acceptors (Lipinski definition) is 3. The minimum atomic E-state index is -0.756. The Labute approximate surface area is 133 Å². The molecule has 0 saturated carbocycles. The van der Waals surface area contributed by atoms with Crippen molar-refractivity contribution < 1.29 is 19.4 Å². The predicted octanol–water partition coefficient (Wildman–Crippen LogP) is 2.33. The van der Waals surface area contributed by atoms with Crippen LogP contribution in [-0.4, -0.2) is 54.9 Å². The summed E-state index contributed by atoms with van der Waals surface area (Å²) in [5.41, 5.74) is 0. The third kappa shape index (κ3) is 5.48. The highest BCUT2D eigenvalue weighted by molar-refractivity contribution is 5.75. The predicted molar refractivity (Wildman–Crippen MR) is 84.8 cm³/mol. The molecule has 2 N–H and O–H groups in total. The number of urea groups is 1. The van der Waals surface area contributed by atoms with Crippen LogP contribution in [-0.2, 0) is 9.53 Å². The summed E-state index contributed by atoms with van der Waals surface area (Å²) in [6.45, 7) is 5.94. The smallest absolute Gasteiger partial charge is 0.317 e. The molecule has 1 saturated heterocycles. The number of rotatable bonds is 8. The second kappa shape index (κ2) is 9.66. The number of carboxylic acids is 1. The van der Waals surface area contributed by atoms with Crippen LogP contribution in [0, 0.1) is 11.8 Å². The fraction of sp³-hybridized carbons (Fsp3) is 0.875. The molecular weight excluding hydrogens is 284 g/mol. The van der Waals surface area contributed by atoms with Gasteiger partial charge in [-0.25, -0.2) is 4.79 Å². The molecule has 1 unspecified atom stereocenters. The Morgan fingerprint density at radius 3 is 2.32 bits per heavy atom. The van der Waals surface area contributed by atoms with E-state index in [2.05, 4.69) is 19.2 Å². The van der Waals surface area contributed by atoms with Crippen molar-refractivity contribution in [3.8, 4) is 0 Å². The van der Waals surface area contributed by atoms with Gasteiger partial charge in [0.2, 0.25) is 0 Å². The molecule has 0 aromatic heterocycles. The van der Waals surface area contributed by atoms with Gasteiger partial charge in [0, 0.05) is 26.7 Å². The van der Waals surface area contributed by atoms with Crippen LogP contribution in [0.25, 0.3) is 0 Å². The first-order valence-electron chi connectivity index (χ1n) is 8.31. The van der Waals surface area contributed by atoms with Crippen molar-refractivity contribution in [2.24, 2.45) is 11.8 Å². The molecule has 128 valence electrons. The lowest BCUT2D eigenvalue weighted by molar-refractivity contribution is -0.143. The Morgan fingerprint density at radius 1 is 1.27 bits per heavy atom. The summed E-state index contributed by atoms with van der Waals surface area (Å²) in [6, 6.07) is -0.0942. The molecule has 2 amide bonds. The molecule has 1 atom stereocenters. The fourth-order valence-corrected chi connectivity index (χ4v) is 3.12. The van der Waals surface area contributed by atoms with E-state index < -0.39 is 5.97 Å². The summed E-state index contributed by atoms with van der Waals surface area (Å²) in [7, 11) is 1.72. The van der Waals surface area contributed by atoms with Crippen LogP contribution in [0.3, 0.4) is 0 Å². The molecule has 0 aromatic rings. The molecule has 1 heterocycles. The van der Waals surface area contributed by atoms with Crippen LogP contribution in [0.5, 0.6) is 0 Å². The third-order valence-corrected chi connectivity index (χ3v) is 4.71. The zero-order chi connectivity index (χ0) is 16.5. The van der Waals surface area contributed by atoms with E-state index in [1.165, 1.54) is 0 Å². The summed E-state index contributed by atoms with van der Waals surface area (Å²) in [6.07, 6.45) is 4.21. The number of methoxy groups -OCH3 is 1. The number of piperidine rings is 1. The second-order valence-corrected chi connectivity index (χ2v) is 5.97. The van der Waals surface area contributed by atoms with Crippen molar-refractivity contribution in [1.29, 1.82) is 0 Å². The zero-order valence-electron chi connectivity index (χ0n) is 14.0. The summed E-state index contributed by atoms with van der Waals surface area (Å²) >= 11 is 0. The quantitative estimate of drug-likeness (QED) is 0.721. The molecule has 1 aliphatic heterocycles. The maximum Gasteiger partial charge on any atom is 0.317 e. The van der Waals surface area contributed by atoms with Crippen molar-refractivity contribution in [2.45, 2.75) is 52.1 Å². The highest BCUT2D eigenvalue weighted by Crippen LogP contribution is 2.19. The fourth-order valence-electron chi connectivity index (χ4n) is 3.12. The Hall–Kier alpha value is -1.30. The van der Waals surface area contributed by atoms with Crippen molar-refractivity contribution in [1.82, 2.24) is 10.2 Å². The topological polar surface area (TPSA) is 78.9 Å². The third-order valence-electron chi connectivity index (χ3n) is 4.71. The Balaban J connectivity index is 2.30. The molecule has 0 aromatic carbocycles. The highest BCUT2D eigenvalue weighted by atomic mass is 16.5. The molecule has 6 nitrogen and oxygen atoms in total. The molecule has 0 spiro atoms. The number of hydrogen-bond donors (Lipinski definition) is 2. The first kappa shape index (κ1) is 18.7. The van der Waals surface area contributed by atoms with E-state index in [0.717, 1.165) is 19.3 Å². The number of amides is 2. The maximum atomic E-state index is 12.1. The summed E-state index contributed by atoms with van der Waals surface area (Å²) < 4.78 is 5.53. The number of nitrogens with one attached hydrogen (secondary N) is 1. The summed E-state index contributed by atoms with van der Waals surface area (Å²) in [5.74, 6) is -0.543. The lowest BCUT2D eigenvalue weighted by atomic mass is 9.94. The molecule has 1 rings (SSSR count). The first-order chi connectivity index (χ1) is 10.5. The monoisotopic (exact) mass is 314 g/mol. The van der Waals surface area contributed by atoms with Gasteiger partial charge in [0.15, 0.2) is 0 Å². The van der Waals surface area contributed by atoms with Gasteiger partial charge in [-0.1, -0.05) is 26.7 Å². The van der Waals surface area contributed by atoms with Crippen LogP contribution in [0.15, 0.2) is 0 Å². The number of ether oxygens (including phenoxy) is 1. The normalized spacial score (nSPS) is 17.5.